The molecule has 2 aliphatic heterocycles. The lowest BCUT2D eigenvalue weighted by atomic mass is 9.94. The van der Waals surface area contributed by atoms with Crippen LogP contribution in [0.25, 0.3) is 0 Å². The van der Waals surface area contributed by atoms with Gasteiger partial charge < -0.3 is 10.1 Å². The summed E-state index contributed by atoms with van der Waals surface area (Å²) in [6.45, 7) is 4.92. The molecule has 0 bridgehead atoms. The predicted molar refractivity (Wildman–Crippen MR) is 135 cm³/mol. The first-order chi connectivity index (χ1) is 17.6. The van der Waals surface area contributed by atoms with Gasteiger partial charge in [-0.1, -0.05) is 30.3 Å². The summed E-state index contributed by atoms with van der Waals surface area (Å²) < 4.78 is 47.2. The van der Waals surface area contributed by atoms with Crippen LogP contribution >= 0.6 is 0 Å². The van der Waals surface area contributed by atoms with Crippen molar-refractivity contribution >= 4 is 22.0 Å². The van der Waals surface area contributed by atoms with Crippen LogP contribution in [0.4, 0.5) is 9.18 Å². The van der Waals surface area contributed by atoms with E-state index in [0.29, 0.717) is 24.4 Å². The first-order valence-electron chi connectivity index (χ1n) is 12.1. The van der Waals surface area contributed by atoms with Gasteiger partial charge in [-0.15, -0.1) is 0 Å². The molecule has 9 nitrogen and oxygen atoms in total. The van der Waals surface area contributed by atoms with Crippen LogP contribution in [-0.2, 0) is 19.6 Å². The monoisotopic (exact) mass is 530 g/mol. The van der Waals surface area contributed by atoms with Gasteiger partial charge in [0.15, 0.2) is 0 Å². The lowest BCUT2D eigenvalue weighted by Crippen LogP contribution is -2.56. The number of hydrogen-bond donors (Lipinski definition) is 1. The van der Waals surface area contributed by atoms with E-state index in [1.54, 1.807) is 50.4 Å². The summed E-state index contributed by atoms with van der Waals surface area (Å²) in [4.78, 5) is 29.6. The van der Waals surface area contributed by atoms with E-state index in [9.17, 15) is 22.4 Å². The van der Waals surface area contributed by atoms with Gasteiger partial charge in [-0.05, 0) is 43.7 Å². The van der Waals surface area contributed by atoms with Crippen molar-refractivity contribution in [3.05, 3.63) is 77.2 Å². The minimum atomic E-state index is -3.66. The summed E-state index contributed by atoms with van der Waals surface area (Å²) in [5.41, 5.74) is 1.08. The molecule has 0 aromatic heterocycles. The highest BCUT2D eigenvalue weighted by Gasteiger charge is 2.39. The van der Waals surface area contributed by atoms with Crippen molar-refractivity contribution in [1.82, 2.24) is 19.4 Å². The van der Waals surface area contributed by atoms with Crippen molar-refractivity contribution in [1.29, 1.82) is 0 Å². The van der Waals surface area contributed by atoms with E-state index in [-0.39, 0.29) is 36.2 Å². The molecule has 2 amide bonds. The summed E-state index contributed by atoms with van der Waals surface area (Å²) in [7, 11) is -2.10. The molecule has 11 heteroatoms. The second kappa shape index (κ2) is 11.0. The van der Waals surface area contributed by atoms with Crippen molar-refractivity contribution in [3.63, 3.8) is 0 Å². The molecule has 1 saturated heterocycles. The number of nitrogens with zero attached hydrogens (tertiary/aromatic N) is 3. The molecule has 2 aliphatic rings. The predicted octanol–water partition coefficient (Wildman–Crippen LogP) is 2.73. The third-order valence-corrected chi connectivity index (χ3v) is 8.66. The number of esters is 1. The molecule has 0 saturated carbocycles. The number of sulfonamides is 1. The molecular formula is C26H31FN4O5S. The number of benzene rings is 2. The van der Waals surface area contributed by atoms with Crippen LogP contribution in [0.3, 0.4) is 0 Å². The summed E-state index contributed by atoms with van der Waals surface area (Å²) in [5.74, 6) is -1.09. The Morgan fingerprint density at radius 2 is 1.86 bits per heavy atom. The van der Waals surface area contributed by atoms with E-state index in [0.717, 1.165) is 0 Å². The Morgan fingerprint density at radius 1 is 1.14 bits per heavy atom. The maximum atomic E-state index is 14.0. The van der Waals surface area contributed by atoms with E-state index in [4.69, 9.17) is 4.74 Å². The number of nitrogens with one attached hydrogen (secondary N) is 1. The van der Waals surface area contributed by atoms with Crippen LogP contribution in [0.15, 0.2) is 70.8 Å². The van der Waals surface area contributed by atoms with Gasteiger partial charge in [-0.3, -0.25) is 9.80 Å². The molecule has 2 heterocycles. The van der Waals surface area contributed by atoms with Crippen molar-refractivity contribution in [3.8, 4) is 0 Å². The van der Waals surface area contributed by atoms with Crippen molar-refractivity contribution < 1.29 is 27.1 Å². The zero-order valence-corrected chi connectivity index (χ0v) is 21.9. The van der Waals surface area contributed by atoms with Crippen molar-refractivity contribution in [2.75, 3.05) is 39.8 Å². The quantitative estimate of drug-likeness (QED) is 0.553. The second-order valence-electron chi connectivity index (χ2n) is 9.09. The molecule has 0 spiro atoms. The number of carbonyl (C=O) groups is 2. The third-order valence-electron chi connectivity index (χ3n) is 6.63. The van der Waals surface area contributed by atoms with Gasteiger partial charge in [0.2, 0.25) is 10.0 Å². The maximum Gasteiger partial charge on any atom is 0.338 e. The Bertz CT molecular complexity index is 1300. The van der Waals surface area contributed by atoms with Crippen LogP contribution in [0.5, 0.6) is 0 Å². The fraction of sp³-hybridized carbons (Fsp3) is 0.385. The minimum Gasteiger partial charge on any atom is -0.463 e. The van der Waals surface area contributed by atoms with Gasteiger partial charge in [0.25, 0.3) is 0 Å². The Morgan fingerprint density at radius 3 is 2.51 bits per heavy atom. The SMILES string of the molecule is CCOC(=O)C1=C(CN2CCN(S(=O)(=O)c3ccccc3)C(C)C2)N(C)C(=O)NC1c1cccc(F)c1. The molecule has 2 atom stereocenters. The molecule has 2 aromatic rings. The van der Waals surface area contributed by atoms with Crippen molar-refractivity contribution in [2.24, 2.45) is 0 Å². The molecular weight excluding hydrogens is 499 g/mol. The van der Waals surface area contributed by atoms with Crippen LogP contribution in [0.1, 0.15) is 25.5 Å². The van der Waals surface area contributed by atoms with Gasteiger partial charge in [-0.2, -0.15) is 4.31 Å². The van der Waals surface area contributed by atoms with E-state index >= 15 is 0 Å². The highest BCUT2D eigenvalue weighted by Crippen LogP contribution is 2.32. The average Bonchev–Trinajstić information content (AvgIpc) is 2.87. The number of rotatable bonds is 7. The number of hydrogen-bond acceptors (Lipinski definition) is 6. The number of urea groups is 1. The molecule has 37 heavy (non-hydrogen) atoms. The van der Waals surface area contributed by atoms with Gasteiger partial charge in [0.05, 0.1) is 23.1 Å². The number of amides is 2. The lowest BCUT2D eigenvalue weighted by molar-refractivity contribution is -0.139. The second-order valence-corrected chi connectivity index (χ2v) is 11.0. The standard InChI is InChI=1S/C26H31FN4O5S/c1-4-36-25(32)23-22(29(3)26(33)28-24(23)19-9-8-10-20(27)15-19)17-30-13-14-31(18(2)16-30)37(34,35)21-11-6-5-7-12-21/h5-12,15,18,24H,4,13-14,16-17H2,1-3H3,(H,28,33). The van der Waals surface area contributed by atoms with Crippen LogP contribution in [0, 0.1) is 5.82 Å². The fourth-order valence-corrected chi connectivity index (χ4v) is 6.43. The Balaban J connectivity index is 1.63. The Labute approximate surface area is 216 Å². The third kappa shape index (κ3) is 5.53. The topological polar surface area (TPSA) is 99.3 Å². The largest absolute Gasteiger partial charge is 0.463 e. The van der Waals surface area contributed by atoms with Crippen LogP contribution in [-0.4, -0.2) is 80.4 Å². The summed E-state index contributed by atoms with van der Waals surface area (Å²) in [5, 5.41) is 2.78. The van der Waals surface area contributed by atoms with E-state index in [2.05, 4.69) is 5.32 Å². The number of carbonyl (C=O) groups excluding carboxylic acids is 2. The van der Waals surface area contributed by atoms with Gasteiger partial charge in [0, 0.05) is 45.0 Å². The molecule has 198 valence electrons. The average molecular weight is 531 g/mol. The van der Waals surface area contributed by atoms with E-state index in [1.165, 1.54) is 27.4 Å². The molecule has 2 unspecified atom stereocenters. The summed E-state index contributed by atoms with van der Waals surface area (Å²) >= 11 is 0. The maximum absolute atomic E-state index is 14.0. The zero-order valence-electron chi connectivity index (χ0n) is 21.1. The van der Waals surface area contributed by atoms with Gasteiger partial charge >= 0.3 is 12.0 Å². The summed E-state index contributed by atoms with van der Waals surface area (Å²) in [6.07, 6.45) is 0. The molecule has 4 rings (SSSR count). The van der Waals surface area contributed by atoms with E-state index < -0.39 is 33.9 Å². The Hall–Kier alpha value is -3.28. The number of piperazine rings is 1. The highest BCUT2D eigenvalue weighted by molar-refractivity contribution is 7.89. The molecule has 1 fully saturated rings. The van der Waals surface area contributed by atoms with Crippen LogP contribution in [0.2, 0.25) is 0 Å². The molecule has 0 radical (unpaired) electrons. The molecule has 1 N–H and O–H groups in total. The minimum absolute atomic E-state index is 0.135. The first kappa shape index (κ1) is 26.8. The zero-order chi connectivity index (χ0) is 26.7. The number of likely N-dealkylation sites (N-methyl/N-ethyl adjacent to an activating group) is 1. The Kier molecular flexibility index (Phi) is 7.96. The molecule has 0 aliphatic carbocycles. The smallest absolute Gasteiger partial charge is 0.338 e. The van der Waals surface area contributed by atoms with E-state index in [1.807, 2.05) is 11.8 Å². The van der Waals surface area contributed by atoms with Crippen molar-refractivity contribution in [2.45, 2.75) is 30.8 Å². The first-order valence-corrected chi connectivity index (χ1v) is 13.6. The summed E-state index contributed by atoms with van der Waals surface area (Å²) in [6, 6.07) is 12.4. The molecule has 2 aromatic carbocycles. The van der Waals surface area contributed by atoms with Gasteiger partial charge in [0.1, 0.15) is 5.82 Å². The fourth-order valence-electron chi connectivity index (χ4n) is 4.79. The van der Waals surface area contributed by atoms with Crippen LogP contribution < -0.4 is 5.32 Å². The lowest BCUT2D eigenvalue weighted by Gasteiger charge is -2.41. The normalized spacial score (nSPS) is 21.6. The van der Waals surface area contributed by atoms with Gasteiger partial charge in [-0.25, -0.2) is 22.4 Å². The highest BCUT2D eigenvalue weighted by atomic mass is 32.2. The number of ether oxygens (including phenoxy) is 1. The number of halogens is 1.